The van der Waals surface area contributed by atoms with Gasteiger partial charge in [0.25, 0.3) is 0 Å². The molecule has 244 valence electrons. The molecule has 0 aromatic heterocycles. The third kappa shape index (κ3) is 30.7. The van der Waals surface area contributed by atoms with Crippen LogP contribution in [0.25, 0.3) is 0 Å². The van der Waals surface area contributed by atoms with Gasteiger partial charge < -0.3 is 0 Å². The van der Waals surface area contributed by atoms with E-state index in [4.69, 9.17) is 0 Å². The monoisotopic (exact) mass is 575 g/mol. The number of unbranched alkanes of at least 4 members (excludes halogenated alkanes) is 28. The summed E-state index contributed by atoms with van der Waals surface area (Å²) in [5, 5.41) is 0. The minimum absolute atomic E-state index is 0.550. The van der Waals surface area contributed by atoms with E-state index in [9.17, 15) is 0 Å². The molecule has 0 N–H and O–H groups in total. The zero-order chi connectivity index (χ0) is 30.1. The van der Waals surface area contributed by atoms with Crippen LogP contribution in [-0.2, 0) is 0 Å². The summed E-state index contributed by atoms with van der Waals surface area (Å²) < 4.78 is 0.966. The van der Waals surface area contributed by atoms with E-state index in [1.165, 1.54) is 193 Å². The van der Waals surface area contributed by atoms with Gasteiger partial charge in [-0.3, -0.25) is 4.48 Å². The highest BCUT2D eigenvalue weighted by Crippen LogP contribution is 2.16. The Hall–Kier alpha value is -0.560. The van der Waals surface area contributed by atoms with Crippen molar-refractivity contribution in [2.45, 2.75) is 219 Å². The molecular formula is C40H80N+. The molecule has 0 aromatic rings. The van der Waals surface area contributed by atoms with E-state index in [1.807, 2.05) is 0 Å². The van der Waals surface area contributed by atoms with Crippen LogP contribution in [0.3, 0.4) is 0 Å². The first-order valence-electron chi connectivity index (χ1n) is 19.2. The van der Waals surface area contributed by atoms with Gasteiger partial charge in [-0.1, -0.05) is 187 Å². The number of rotatable bonds is 33. The van der Waals surface area contributed by atoms with E-state index >= 15 is 0 Å². The van der Waals surface area contributed by atoms with E-state index in [1.54, 1.807) is 0 Å². The quantitative estimate of drug-likeness (QED) is 0.0415. The van der Waals surface area contributed by atoms with Crippen molar-refractivity contribution in [2.75, 3.05) is 14.1 Å². The summed E-state index contributed by atoms with van der Waals surface area (Å²) in [5.41, 5.74) is 0. The van der Waals surface area contributed by atoms with Gasteiger partial charge in [-0.25, -0.2) is 0 Å². The largest absolute Gasteiger partial charge is 0.297 e. The lowest BCUT2D eigenvalue weighted by atomic mass is 10.0. The van der Waals surface area contributed by atoms with E-state index < -0.39 is 0 Å². The second-order valence-corrected chi connectivity index (χ2v) is 14.0. The molecule has 0 saturated carbocycles. The lowest BCUT2D eigenvalue weighted by Gasteiger charge is -2.30. The highest BCUT2D eigenvalue weighted by molar-refractivity contribution is 4.89. The Kier molecular flexibility index (Phi) is 31.9. The number of hydrogen-bond donors (Lipinski definition) is 0. The van der Waals surface area contributed by atoms with Crippen LogP contribution >= 0.6 is 0 Å². The van der Waals surface area contributed by atoms with Gasteiger partial charge in [0, 0.05) is 0 Å². The second kappa shape index (κ2) is 32.4. The van der Waals surface area contributed by atoms with E-state index in [-0.39, 0.29) is 0 Å². The SMILES string of the molecule is CCCCCCCCCCCCCCCCC=CC(C)[N+](C)(C)C=CCCCCCCCCCCCCCCCC. The van der Waals surface area contributed by atoms with Gasteiger partial charge in [-0.2, -0.15) is 0 Å². The average Bonchev–Trinajstić information content (AvgIpc) is 2.96. The summed E-state index contributed by atoms with van der Waals surface area (Å²) in [6.45, 7) is 6.98. The molecular weight excluding hydrogens is 494 g/mol. The molecule has 0 aliphatic rings. The van der Waals surface area contributed by atoms with Crippen LogP contribution in [0, 0.1) is 0 Å². The molecule has 0 spiro atoms. The molecule has 1 nitrogen and oxygen atoms in total. The summed E-state index contributed by atoms with van der Waals surface area (Å²) in [5.74, 6) is 0. The number of hydrogen-bond acceptors (Lipinski definition) is 0. The lowest BCUT2D eigenvalue weighted by Crippen LogP contribution is -2.40. The highest BCUT2D eigenvalue weighted by atomic mass is 15.3. The van der Waals surface area contributed by atoms with Crippen LogP contribution in [0.1, 0.15) is 213 Å². The maximum Gasteiger partial charge on any atom is 0.109 e. The van der Waals surface area contributed by atoms with Crippen LogP contribution < -0.4 is 0 Å². The smallest absolute Gasteiger partial charge is 0.109 e. The van der Waals surface area contributed by atoms with Crippen LogP contribution in [0.5, 0.6) is 0 Å². The first kappa shape index (κ1) is 40.4. The predicted octanol–water partition coefficient (Wildman–Crippen LogP) is 14.3. The van der Waals surface area contributed by atoms with Crippen LogP contribution in [0.4, 0.5) is 0 Å². The van der Waals surface area contributed by atoms with Crippen molar-refractivity contribution in [2.24, 2.45) is 0 Å². The fraction of sp³-hybridized carbons (Fsp3) is 0.900. The average molecular weight is 575 g/mol. The van der Waals surface area contributed by atoms with Crippen molar-refractivity contribution in [1.82, 2.24) is 0 Å². The summed E-state index contributed by atoms with van der Waals surface area (Å²) in [4.78, 5) is 0. The van der Waals surface area contributed by atoms with Gasteiger partial charge in [0.1, 0.15) is 6.04 Å². The molecule has 41 heavy (non-hydrogen) atoms. The Morgan fingerprint density at radius 1 is 0.390 bits per heavy atom. The maximum atomic E-state index is 2.46. The van der Waals surface area contributed by atoms with E-state index in [0.717, 1.165) is 4.48 Å². The van der Waals surface area contributed by atoms with Gasteiger partial charge in [0.2, 0.25) is 0 Å². The number of quaternary nitrogens is 1. The highest BCUT2D eigenvalue weighted by Gasteiger charge is 2.17. The van der Waals surface area contributed by atoms with Crippen molar-refractivity contribution in [3.05, 3.63) is 24.4 Å². The molecule has 0 aliphatic carbocycles. The first-order chi connectivity index (χ1) is 20.0. The lowest BCUT2D eigenvalue weighted by molar-refractivity contribution is -0.856. The molecule has 0 aromatic carbocycles. The number of likely N-dealkylation sites (N-methyl/N-ethyl adjacent to an activating group) is 1. The molecule has 1 atom stereocenters. The minimum atomic E-state index is 0.550. The van der Waals surface area contributed by atoms with E-state index in [0.29, 0.717) is 6.04 Å². The molecule has 0 heterocycles. The van der Waals surface area contributed by atoms with Gasteiger partial charge in [0.15, 0.2) is 0 Å². The van der Waals surface area contributed by atoms with Crippen molar-refractivity contribution in [1.29, 1.82) is 0 Å². The van der Waals surface area contributed by atoms with E-state index in [2.05, 4.69) is 59.3 Å². The van der Waals surface area contributed by atoms with Gasteiger partial charge in [-0.05, 0) is 44.8 Å². The topological polar surface area (TPSA) is 0 Å². The van der Waals surface area contributed by atoms with Crippen molar-refractivity contribution >= 4 is 0 Å². The maximum absolute atomic E-state index is 2.46. The molecule has 0 bridgehead atoms. The van der Waals surface area contributed by atoms with Crippen LogP contribution in [0.15, 0.2) is 24.4 Å². The normalized spacial score (nSPS) is 13.2. The molecule has 0 amide bonds. The Morgan fingerprint density at radius 2 is 0.659 bits per heavy atom. The van der Waals surface area contributed by atoms with Gasteiger partial charge in [0.05, 0.1) is 20.3 Å². The zero-order valence-electron chi connectivity index (χ0n) is 29.5. The first-order valence-corrected chi connectivity index (χ1v) is 19.2. The summed E-state index contributed by atoms with van der Waals surface area (Å²) in [7, 11) is 4.70. The zero-order valence-corrected chi connectivity index (χ0v) is 29.5. The van der Waals surface area contributed by atoms with Gasteiger partial charge >= 0.3 is 0 Å². The molecule has 0 radical (unpaired) electrons. The predicted molar refractivity (Wildman–Crippen MR) is 190 cm³/mol. The molecule has 0 fully saturated rings. The molecule has 1 heteroatoms. The fourth-order valence-corrected chi connectivity index (χ4v) is 5.91. The molecule has 0 rings (SSSR count). The van der Waals surface area contributed by atoms with Crippen molar-refractivity contribution < 1.29 is 4.48 Å². The molecule has 0 saturated heterocycles. The Balaban J connectivity index is 3.54. The van der Waals surface area contributed by atoms with Crippen molar-refractivity contribution in [3.63, 3.8) is 0 Å². The van der Waals surface area contributed by atoms with Crippen molar-refractivity contribution in [3.8, 4) is 0 Å². The Labute approximate surface area is 262 Å². The second-order valence-electron chi connectivity index (χ2n) is 14.0. The Bertz CT molecular complexity index is 545. The molecule has 1 unspecified atom stereocenters. The summed E-state index contributed by atoms with van der Waals surface area (Å²) in [6, 6.07) is 0.550. The molecule has 0 aliphatic heterocycles. The minimum Gasteiger partial charge on any atom is -0.297 e. The summed E-state index contributed by atoms with van der Waals surface area (Å²) in [6.07, 6.45) is 52.6. The fourth-order valence-electron chi connectivity index (χ4n) is 5.91. The summed E-state index contributed by atoms with van der Waals surface area (Å²) >= 11 is 0. The third-order valence-corrected chi connectivity index (χ3v) is 9.40. The van der Waals surface area contributed by atoms with Crippen LogP contribution in [-0.4, -0.2) is 24.6 Å². The standard InChI is InChI=1S/C40H80N/c1-6-8-10-12-14-16-18-20-22-24-26-28-30-32-34-36-38-40(3)41(4,5)39-37-35-33-31-29-27-25-23-21-19-17-15-13-11-9-7-2/h36-40H,6-35H2,1-5H3/q+1. The number of nitrogens with zero attached hydrogens (tertiary/aromatic N) is 1. The number of allylic oxidation sites excluding steroid dienone is 2. The Morgan fingerprint density at radius 3 is 0.976 bits per heavy atom. The van der Waals surface area contributed by atoms with Gasteiger partial charge in [-0.15, -0.1) is 0 Å². The third-order valence-electron chi connectivity index (χ3n) is 9.40. The van der Waals surface area contributed by atoms with Crippen LogP contribution in [0.2, 0.25) is 0 Å².